The monoisotopic (exact) mass is 241 g/mol. The maximum atomic E-state index is 11.6. The topological polar surface area (TPSA) is 93.5 Å². The zero-order valence-electron chi connectivity index (χ0n) is 9.94. The van der Waals surface area contributed by atoms with Gasteiger partial charge in [-0.3, -0.25) is 4.79 Å². The van der Waals surface area contributed by atoms with Gasteiger partial charge in [0, 0.05) is 6.07 Å². The molecule has 2 amide bonds. The summed E-state index contributed by atoms with van der Waals surface area (Å²) >= 11 is 0. The lowest BCUT2D eigenvalue weighted by Gasteiger charge is -2.12. The van der Waals surface area contributed by atoms with Gasteiger partial charge in [-0.05, 0) is 20.8 Å². The summed E-state index contributed by atoms with van der Waals surface area (Å²) in [5, 5.41) is 8.47. The molecule has 17 heavy (non-hydrogen) atoms. The van der Waals surface area contributed by atoms with Crippen LogP contribution in [0.1, 0.15) is 19.6 Å². The van der Waals surface area contributed by atoms with E-state index in [0.29, 0.717) is 11.6 Å². The Hall–Kier alpha value is -2.05. The Kier molecular flexibility index (Phi) is 4.50. The quantitative estimate of drug-likeness (QED) is 0.821. The number of carbonyl (C=O) groups excluding carboxylic acids is 2. The van der Waals surface area contributed by atoms with Crippen LogP contribution < -0.4 is 10.6 Å². The number of amides is 2. The Balaban J connectivity index is 2.44. The molecule has 0 saturated heterocycles. The first kappa shape index (κ1) is 13.0. The van der Waals surface area contributed by atoms with Gasteiger partial charge >= 0.3 is 6.09 Å². The number of hydrogen-bond acceptors (Lipinski definition) is 5. The van der Waals surface area contributed by atoms with Crippen LogP contribution in [0.15, 0.2) is 10.6 Å². The molecule has 2 N–H and O–H groups in total. The van der Waals surface area contributed by atoms with Gasteiger partial charge < -0.3 is 19.9 Å². The minimum atomic E-state index is -0.717. The fraction of sp³-hybridized carbons (Fsp3) is 0.500. The molecule has 7 heteroatoms. The molecule has 0 aromatic carbocycles. The standard InChI is InChI=1S/C10H15N3O4/c1-4-16-10(15)11-7(3)9(14)12-8-5-6(2)17-13-8/h5,7H,4H2,1-3H3,(H,11,15)(H,12,13,14)/t7-/m0/s1. The number of aromatic nitrogens is 1. The van der Waals surface area contributed by atoms with Crippen molar-refractivity contribution >= 4 is 17.8 Å². The van der Waals surface area contributed by atoms with Gasteiger partial charge in [-0.15, -0.1) is 0 Å². The smallest absolute Gasteiger partial charge is 0.407 e. The third kappa shape index (κ3) is 4.13. The Morgan fingerprint density at radius 3 is 2.82 bits per heavy atom. The van der Waals surface area contributed by atoms with Crippen LogP contribution in [0.25, 0.3) is 0 Å². The van der Waals surface area contributed by atoms with Crippen LogP contribution in [0.2, 0.25) is 0 Å². The van der Waals surface area contributed by atoms with Crippen molar-refractivity contribution < 1.29 is 18.8 Å². The fourth-order valence-electron chi connectivity index (χ4n) is 1.07. The molecule has 7 nitrogen and oxygen atoms in total. The predicted molar refractivity (Wildman–Crippen MR) is 59.5 cm³/mol. The highest BCUT2D eigenvalue weighted by Crippen LogP contribution is 2.07. The molecule has 1 heterocycles. The van der Waals surface area contributed by atoms with Gasteiger partial charge in [0.15, 0.2) is 5.82 Å². The Morgan fingerprint density at radius 1 is 1.59 bits per heavy atom. The SMILES string of the molecule is CCOC(=O)N[C@@H](C)C(=O)Nc1cc(C)on1. The third-order valence-electron chi connectivity index (χ3n) is 1.88. The van der Waals surface area contributed by atoms with Gasteiger partial charge in [0.25, 0.3) is 0 Å². The van der Waals surface area contributed by atoms with E-state index in [1.54, 1.807) is 26.8 Å². The van der Waals surface area contributed by atoms with Crippen molar-refractivity contribution in [3.8, 4) is 0 Å². The first-order chi connectivity index (χ1) is 8.02. The zero-order chi connectivity index (χ0) is 12.8. The number of carbonyl (C=O) groups is 2. The van der Waals surface area contributed by atoms with Crippen LogP contribution in [0.4, 0.5) is 10.6 Å². The molecular weight excluding hydrogens is 226 g/mol. The van der Waals surface area contributed by atoms with Gasteiger partial charge in [-0.1, -0.05) is 5.16 Å². The third-order valence-corrected chi connectivity index (χ3v) is 1.88. The van der Waals surface area contributed by atoms with Gasteiger partial charge in [0.2, 0.25) is 5.91 Å². The summed E-state index contributed by atoms with van der Waals surface area (Å²) < 4.78 is 9.44. The van der Waals surface area contributed by atoms with E-state index in [4.69, 9.17) is 4.52 Å². The molecule has 0 saturated carbocycles. The van der Waals surface area contributed by atoms with Crippen LogP contribution in [-0.2, 0) is 9.53 Å². The van der Waals surface area contributed by atoms with Crippen molar-refractivity contribution in [2.45, 2.75) is 26.8 Å². The highest BCUT2D eigenvalue weighted by Gasteiger charge is 2.17. The number of alkyl carbamates (subject to hydrolysis) is 1. The van der Waals surface area contributed by atoms with Crippen molar-refractivity contribution in [3.63, 3.8) is 0 Å². The summed E-state index contributed by atoms with van der Waals surface area (Å²) in [6.45, 7) is 5.19. The van der Waals surface area contributed by atoms with Crippen molar-refractivity contribution in [2.75, 3.05) is 11.9 Å². The molecular formula is C10H15N3O4. The van der Waals surface area contributed by atoms with Crippen molar-refractivity contribution in [2.24, 2.45) is 0 Å². The molecule has 0 aliphatic heterocycles. The van der Waals surface area contributed by atoms with E-state index < -0.39 is 18.0 Å². The maximum Gasteiger partial charge on any atom is 0.407 e. The number of nitrogens with one attached hydrogen (secondary N) is 2. The van der Waals surface area contributed by atoms with E-state index in [0.717, 1.165) is 0 Å². The maximum absolute atomic E-state index is 11.6. The van der Waals surface area contributed by atoms with E-state index >= 15 is 0 Å². The largest absolute Gasteiger partial charge is 0.450 e. The van der Waals surface area contributed by atoms with E-state index in [9.17, 15) is 9.59 Å². The Labute approximate surface area is 98.5 Å². The fourth-order valence-corrected chi connectivity index (χ4v) is 1.07. The minimum absolute atomic E-state index is 0.253. The number of ether oxygens (including phenoxy) is 1. The number of aryl methyl sites for hydroxylation is 1. The van der Waals surface area contributed by atoms with Crippen LogP contribution in [0, 0.1) is 6.92 Å². The Morgan fingerprint density at radius 2 is 2.29 bits per heavy atom. The molecule has 1 aromatic heterocycles. The lowest BCUT2D eigenvalue weighted by molar-refractivity contribution is -0.117. The molecule has 0 radical (unpaired) electrons. The lowest BCUT2D eigenvalue weighted by Crippen LogP contribution is -2.41. The molecule has 0 aliphatic rings. The first-order valence-electron chi connectivity index (χ1n) is 5.20. The summed E-state index contributed by atoms with van der Waals surface area (Å²) in [4.78, 5) is 22.7. The van der Waals surface area contributed by atoms with E-state index in [1.807, 2.05) is 0 Å². The average Bonchev–Trinajstić information content (AvgIpc) is 2.64. The normalized spacial score (nSPS) is 11.7. The highest BCUT2D eigenvalue weighted by molar-refractivity contribution is 5.95. The number of hydrogen-bond donors (Lipinski definition) is 2. The first-order valence-corrected chi connectivity index (χ1v) is 5.20. The molecule has 0 aliphatic carbocycles. The average molecular weight is 241 g/mol. The molecule has 1 atom stereocenters. The van der Waals surface area contributed by atoms with Crippen LogP contribution >= 0.6 is 0 Å². The summed E-state index contributed by atoms with van der Waals surface area (Å²) in [6.07, 6.45) is -0.633. The van der Waals surface area contributed by atoms with Crippen molar-refractivity contribution in [3.05, 3.63) is 11.8 Å². The predicted octanol–water partition coefficient (Wildman–Crippen LogP) is 1.06. The second kappa shape index (κ2) is 5.88. The number of nitrogens with zero attached hydrogens (tertiary/aromatic N) is 1. The van der Waals surface area contributed by atoms with Gasteiger partial charge in [0.05, 0.1) is 6.61 Å². The second-order valence-electron chi connectivity index (χ2n) is 3.40. The molecule has 1 rings (SSSR count). The number of rotatable bonds is 4. The van der Waals surface area contributed by atoms with Crippen molar-refractivity contribution in [1.29, 1.82) is 0 Å². The van der Waals surface area contributed by atoms with E-state index in [2.05, 4.69) is 20.5 Å². The van der Waals surface area contributed by atoms with Crippen LogP contribution in [-0.4, -0.2) is 29.8 Å². The summed E-state index contributed by atoms with van der Waals surface area (Å²) in [5.74, 6) is 0.502. The second-order valence-corrected chi connectivity index (χ2v) is 3.40. The van der Waals surface area contributed by atoms with Crippen molar-refractivity contribution in [1.82, 2.24) is 10.5 Å². The molecule has 1 aromatic rings. The lowest BCUT2D eigenvalue weighted by atomic mass is 10.3. The Bertz CT molecular complexity index is 402. The molecule has 0 bridgehead atoms. The summed E-state index contributed by atoms with van der Waals surface area (Å²) in [7, 11) is 0. The van der Waals surface area contributed by atoms with Gasteiger partial charge in [0.1, 0.15) is 11.8 Å². The number of anilines is 1. The summed E-state index contributed by atoms with van der Waals surface area (Å²) in [6, 6.07) is 0.862. The summed E-state index contributed by atoms with van der Waals surface area (Å²) in [5.41, 5.74) is 0. The van der Waals surface area contributed by atoms with Gasteiger partial charge in [-0.2, -0.15) is 0 Å². The van der Waals surface area contributed by atoms with E-state index in [-0.39, 0.29) is 6.61 Å². The zero-order valence-corrected chi connectivity index (χ0v) is 9.94. The highest BCUT2D eigenvalue weighted by atomic mass is 16.5. The molecule has 0 unspecified atom stereocenters. The minimum Gasteiger partial charge on any atom is -0.450 e. The van der Waals surface area contributed by atoms with E-state index in [1.165, 1.54) is 0 Å². The molecule has 0 fully saturated rings. The molecule has 94 valence electrons. The van der Waals surface area contributed by atoms with Crippen LogP contribution in [0.5, 0.6) is 0 Å². The van der Waals surface area contributed by atoms with Gasteiger partial charge in [-0.25, -0.2) is 4.79 Å². The molecule has 0 spiro atoms. The van der Waals surface area contributed by atoms with Crippen LogP contribution in [0.3, 0.4) is 0 Å².